The number of rotatable bonds is 2. The topological polar surface area (TPSA) is 31.9 Å². The molecule has 0 atom stereocenters. The van der Waals surface area contributed by atoms with Gasteiger partial charge < -0.3 is 4.98 Å². The number of benzene rings is 1. The largest absolute Gasteiger partial charge is 0.347 e. The molecule has 1 aromatic heterocycles. The van der Waals surface area contributed by atoms with Crippen molar-refractivity contribution in [3.63, 3.8) is 0 Å². The molecule has 2 aromatic rings. The molecule has 0 amide bonds. The van der Waals surface area contributed by atoms with E-state index in [1.165, 1.54) is 17.0 Å². The van der Waals surface area contributed by atoms with Gasteiger partial charge in [0.2, 0.25) is 0 Å². The SMILES string of the molecule is c1ccc(CN2CCc3nc[nH]c3C2)cc1. The maximum absolute atomic E-state index is 4.32. The minimum Gasteiger partial charge on any atom is -0.347 e. The van der Waals surface area contributed by atoms with E-state index in [0.717, 1.165) is 26.1 Å². The summed E-state index contributed by atoms with van der Waals surface area (Å²) in [7, 11) is 0. The van der Waals surface area contributed by atoms with Crippen molar-refractivity contribution in [1.29, 1.82) is 0 Å². The molecule has 16 heavy (non-hydrogen) atoms. The van der Waals surface area contributed by atoms with E-state index in [2.05, 4.69) is 45.2 Å². The van der Waals surface area contributed by atoms with Crippen molar-refractivity contribution in [2.45, 2.75) is 19.5 Å². The average molecular weight is 213 g/mol. The van der Waals surface area contributed by atoms with Crippen LogP contribution in [0.1, 0.15) is 17.0 Å². The van der Waals surface area contributed by atoms with Crippen molar-refractivity contribution in [1.82, 2.24) is 14.9 Å². The summed E-state index contributed by atoms with van der Waals surface area (Å²) in [6.45, 7) is 3.12. The molecule has 0 bridgehead atoms. The van der Waals surface area contributed by atoms with Gasteiger partial charge in [-0.2, -0.15) is 0 Å². The molecule has 1 aromatic carbocycles. The van der Waals surface area contributed by atoms with Crippen molar-refractivity contribution in [3.8, 4) is 0 Å². The fourth-order valence-electron chi connectivity index (χ4n) is 2.24. The standard InChI is InChI=1S/C13H15N3/c1-2-4-11(5-3-1)8-16-7-6-12-13(9-16)15-10-14-12/h1-5,10H,6-9H2,(H,14,15). The van der Waals surface area contributed by atoms with E-state index in [9.17, 15) is 0 Å². The molecule has 1 aliphatic rings. The summed E-state index contributed by atoms with van der Waals surface area (Å²) in [5.41, 5.74) is 3.90. The first-order valence-electron chi connectivity index (χ1n) is 5.69. The molecule has 1 N–H and O–H groups in total. The zero-order chi connectivity index (χ0) is 10.8. The van der Waals surface area contributed by atoms with Gasteiger partial charge in [0, 0.05) is 26.1 Å². The molecule has 1 aliphatic heterocycles. The van der Waals surface area contributed by atoms with E-state index in [1.807, 2.05) is 0 Å². The summed E-state index contributed by atoms with van der Waals surface area (Å²) in [5, 5.41) is 0. The third-order valence-corrected chi connectivity index (χ3v) is 3.10. The Morgan fingerprint density at radius 2 is 2.12 bits per heavy atom. The smallest absolute Gasteiger partial charge is 0.0925 e. The number of fused-ring (bicyclic) bond motifs is 1. The maximum atomic E-state index is 4.32. The predicted molar refractivity (Wildman–Crippen MR) is 62.8 cm³/mol. The Bertz CT molecular complexity index is 461. The van der Waals surface area contributed by atoms with E-state index in [0.29, 0.717) is 0 Å². The Morgan fingerprint density at radius 3 is 3.00 bits per heavy atom. The van der Waals surface area contributed by atoms with Gasteiger partial charge >= 0.3 is 0 Å². The third-order valence-electron chi connectivity index (χ3n) is 3.10. The molecule has 0 fully saturated rings. The first kappa shape index (κ1) is 9.60. The molecule has 3 nitrogen and oxygen atoms in total. The maximum Gasteiger partial charge on any atom is 0.0925 e. The lowest BCUT2D eigenvalue weighted by molar-refractivity contribution is 0.241. The first-order chi connectivity index (χ1) is 7.92. The highest BCUT2D eigenvalue weighted by Crippen LogP contribution is 2.16. The molecule has 2 heterocycles. The van der Waals surface area contributed by atoms with Crippen LogP contribution >= 0.6 is 0 Å². The highest BCUT2D eigenvalue weighted by molar-refractivity contribution is 5.17. The number of aromatic nitrogens is 2. The molecule has 0 saturated heterocycles. The van der Waals surface area contributed by atoms with Crippen molar-refractivity contribution in [2.75, 3.05) is 6.54 Å². The first-order valence-corrected chi connectivity index (χ1v) is 5.69. The predicted octanol–water partition coefficient (Wildman–Crippen LogP) is 1.97. The summed E-state index contributed by atoms with van der Waals surface area (Å²) in [4.78, 5) is 9.99. The van der Waals surface area contributed by atoms with E-state index in [1.54, 1.807) is 6.33 Å². The Kier molecular flexibility index (Phi) is 2.46. The highest BCUT2D eigenvalue weighted by Gasteiger charge is 2.17. The summed E-state index contributed by atoms with van der Waals surface area (Å²) in [6, 6.07) is 10.6. The van der Waals surface area contributed by atoms with Crippen LogP contribution in [0.5, 0.6) is 0 Å². The minimum atomic E-state index is 0.990. The monoisotopic (exact) mass is 213 g/mol. The molecule has 3 rings (SSSR count). The molecule has 0 saturated carbocycles. The molecule has 0 radical (unpaired) electrons. The zero-order valence-corrected chi connectivity index (χ0v) is 9.19. The van der Waals surface area contributed by atoms with E-state index < -0.39 is 0 Å². The van der Waals surface area contributed by atoms with Crippen molar-refractivity contribution >= 4 is 0 Å². The second kappa shape index (κ2) is 4.10. The number of nitrogens with one attached hydrogen (secondary N) is 1. The zero-order valence-electron chi connectivity index (χ0n) is 9.19. The van der Waals surface area contributed by atoms with Gasteiger partial charge in [0.25, 0.3) is 0 Å². The number of hydrogen-bond acceptors (Lipinski definition) is 2. The highest BCUT2D eigenvalue weighted by atomic mass is 15.1. The van der Waals surface area contributed by atoms with Gasteiger partial charge in [-0.15, -0.1) is 0 Å². The summed E-state index contributed by atoms with van der Waals surface area (Å²) in [5.74, 6) is 0. The van der Waals surface area contributed by atoms with Crippen LogP contribution in [0.15, 0.2) is 36.7 Å². The van der Waals surface area contributed by atoms with Crippen LogP contribution in [0, 0.1) is 0 Å². The van der Waals surface area contributed by atoms with Crippen LogP contribution in [0.25, 0.3) is 0 Å². The van der Waals surface area contributed by atoms with Crippen molar-refractivity contribution in [2.24, 2.45) is 0 Å². The normalized spacial score (nSPS) is 16.0. The fourth-order valence-corrected chi connectivity index (χ4v) is 2.24. The Hall–Kier alpha value is -1.61. The molecular formula is C13H15N3. The van der Waals surface area contributed by atoms with Crippen molar-refractivity contribution in [3.05, 3.63) is 53.6 Å². The molecule has 3 heteroatoms. The van der Waals surface area contributed by atoms with Gasteiger partial charge in [0.05, 0.1) is 17.7 Å². The van der Waals surface area contributed by atoms with E-state index in [-0.39, 0.29) is 0 Å². The number of aromatic amines is 1. The van der Waals surface area contributed by atoms with Crippen LogP contribution in [0.4, 0.5) is 0 Å². The van der Waals surface area contributed by atoms with Crippen LogP contribution in [-0.4, -0.2) is 21.4 Å². The Labute approximate surface area is 95.1 Å². The van der Waals surface area contributed by atoms with Gasteiger partial charge in [0.1, 0.15) is 0 Å². The average Bonchev–Trinajstić information content (AvgIpc) is 2.77. The van der Waals surface area contributed by atoms with E-state index in [4.69, 9.17) is 0 Å². The molecule has 82 valence electrons. The Balaban J connectivity index is 1.71. The lowest BCUT2D eigenvalue weighted by Crippen LogP contribution is -2.30. The van der Waals surface area contributed by atoms with Crippen LogP contribution in [0.2, 0.25) is 0 Å². The van der Waals surface area contributed by atoms with Crippen LogP contribution < -0.4 is 0 Å². The van der Waals surface area contributed by atoms with Gasteiger partial charge in [-0.3, -0.25) is 4.90 Å². The van der Waals surface area contributed by atoms with Gasteiger partial charge in [-0.1, -0.05) is 30.3 Å². The molecule has 0 aliphatic carbocycles. The molecule has 0 unspecified atom stereocenters. The van der Waals surface area contributed by atoms with Gasteiger partial charge in [-0.25, -0.2) is 4.98 Å². The van der Waals surface area contributed by atoms with Gasteiger partial charge in [0.15, 0.2) is 0 Å². The van der Waals surface area contributed by atoms with Gasteiger partial charge in [-0.05, 0) is 5.56 Å². The third kappa shape index (κ3) is 1.86. The summed E-state index contributed by atoms with van der Waals surface area (Å²) >= 11 is 0. The number of imidazole rings is 1. The quantitative estimate of drug-likeness (QED) is 0.827. The number of hydrogen-bond donors (Lipinski definition) is 1. The minimum absolute atomic E-state index is 0.990. The molecule has 0 spiro atoms. The second-order valence-corrected chi connectivity index (χ2v) is 4.27. The lowest BCUT2D eigenvalue weighted by Gasteiger charge is -2.25. The second-order valence-electron chi connectivity index (χ2n) is 4.27. The lowest BCUT2D eigenvalue weighted by atomic mass is 10.1. The van der Waals surface area contributed by atoms with Crippen LogP contribution in [-0.2, 0) is 19.5 Å². The molecular weight excluding hydrogens is 198 g/mol. The van der Waals surface area contributed by atoms with E-state index >= 15 is 0 Å². The number of nitrogens with zero attached hydrogens (tertiary/aromatic N) is 2. The fraction of sp³-hybridized carbons (Fsp3) is 0.308. The van der Waals surface area contributed by atoms with Crippen molar-refractivity contribution < 1.29 is 0 Å². The number of H-pyrrole nitrogens is 1. The summed E-state index contributed by atoms with van der Waals surface area (Å²) in [6.07, 6.45) is 2.86. The van der Waals surface area contributed by atoms with Crippen LogP contribution in [0.3, 0.4) is 0 Å². The Morgan fingerprint density at radius 1 is 1.25 bits per heavy atom. The summed E-state index contributed by atoms with van der Waals surface area (Å²) < 4.78 is 0.